The molecule has 2 N–H and O–H groups in total. The van der Waals surface area contributed by atoms with E-state index in [0.29, 0.717) is 54.6 Å². The van der Waals surface area contributed by atoms with E-state index < -0.39 is 10.8 Å². The van der Waals surface area contributed by atoms with Gasteiger partial charge in [0.2, 0.25) is 0 Å². The highest BCUT2D eigenvalue weighted by Crippen LogP contribution is 2.25. The number of hydrogen-bond donors (Lipinski definition) is 1. The van der Waals surface area contributed by atoms with Crippen molar-refractivity contribution in [2.75, 3.05) is 36.0 Å². The summed E-state index contributed by atoms with van der Waals surface area (Å²) in [7, 11) is 0. The van der Waals surface area contributed by atoms with E-state index in [2.05, 4.69) is 15.2 Å². The molecule has 27 heavy (non-hydrogen) atoms. The van der Waals surface area contributed by atoms with Crippen LogP contribution in [0.5, 0.6) is 0 Å². The minimum absolute atomic E-state index is 0.00823. The minimum atomic E-state index is -0.518. The molecule has 0 radical (unpaired) electrons. The highest BCUT2D eigenvalue weighted by Gasteiger charge is 2.25. The topological polar surface area (TPSA) is 131 Å². The van der Waals surface area contributed by atoms with Crippen LogP contribution in [0.25, 0.3) is 0 Å². The number of aromatic nitrogens is 3. The average molecular weight is 371 g/mol. The zero-order chi connectivity index (χ0) is 19.7. The van der Waals surface area contributed by atoms with E-state index in [1.165, 1.54) is 6.20 Å². The first-order chi connectivity index (χ1) is 12.8. The zero-order valence-electron chi connectivity index (χ0n) is 15.5. The Bertz CT molecular complexity index is 908. The Hall–Kier alpha value is -3.30. The van der Waals surface area contributed by atoms with Gasteiger partial charge in [-0.3, -0.25) is 14.9 Å². The van der Waals surface area contributed by atoms with E-state index >= 15 is 0 Å². The van der Waals surface area contributed by atoms with Crippen LogP contribution in [-0.2, 0) is 0 Å². The molecule has 0 aromatic carbocycles. The van der Waals surface area contributed by atoms with Gasteiger partial charge in [-0.2, -0.15) is 5.10 Å². The largest absolute Gasteiger partial charge is 0.365 e. The zero-order valence-corrected chi connectivity index (χ0v) is 15.5. The molecular formula is C17H21N7O3. The van der Waals surface area contributed by atoms with Crippen LogP contribution in [0.2, 0.25) is 0 Å². The van der Waals surface area contributed by atoms with Crippen molar-refractivity contribution in [3.63, 3.8) is 0 Å². The van der Waals surface area contributed by atoms with Crippen LogP contribution >= 0.6 is 0 Å². The number of hydrogen-bond acceptors (Lipinski definition) is 8. The number of carbonyl (C=O) groups excluding carboxylic acids is 1. The Morgan fingerprint density at radius 1 is 1.15 bits per heavy atom. The van der Waals surface area contributed by atoms with Crippen LogP contribution in [0.15, 0.2) is 12.3 Å². The van der Waals surface area contributed by atoms with Gasteiger partial charge in [-0.15, -0.1) is 5.10 Å². The molecule has 1 saturated heterocycles. The van der Waals surface area contributed by atoms with Crippen molar-refractivity contribution < 1.29 is 9.72 Å². The summed E-state index contributed by atoms with van der Waals surface area (Å²) < 4.78 is 0. The molecular weight excluding hydrogens is 350 g/mol. The summed E-state index contributed by atoms with van der Waals surface area (Å²) in [5.41, 5.74) is 7.96. The van der Waals surface area contributed by atoms with Gasteiger partial charge < -0.3 is 15.5 Å². The van der Waals surface area contributed by atoms with Gasteiger partial charge in [-0.1, -0.05) is 0 Å². The third-order valence-corrected chi connectivity index (χ3v) is 4.85. The van der Waals surface area contributed by atoms with Crippen molar-refractivity contribution in [2.45, 2.75) is 20.8 Å². The quantitative estimate of drug-likeness (QED) is 0.625. The number of nitrogens with two attached hydrogens (primary N) is 1. The standard InChI is InChI=1S/C17H21N7O3/c1-10-8-14(19-9-13(10)24(26)27)22-4-6-23(7-5-22)17-15(16(18)25)11(2)12(3)20-21-17/h8-9H,4-7H2,1-3H3,(H2,18,25). The molecule has 0 unspecified atom stereocenters. The van der Waals surface area contributed by atoms with Crippen molar-refractivity contribution in [3.8, 4) is 0 Å². The van der Waals surface area contributed by atoms with E-state index in [1.54, 1.807) is 19.9 Å². The van der Waals surface area contributed by atoms with Gasteiger partial charge in [0.05, 0.1) is 16.2 Å². The Labute approximate surface area is 156 Å². The normalized spacial score (nSPS) is 14.3. The van der Waals surface area contributed by atoms with Crippen molar-refractivity contribution in [1.82, 2.24) is 15.2 Å². The highest BCUT2D eigenvalue weighted by molar-refractivity contribution is 5.99. The molecule has 10 heteroatoms. The second kappa shape index (κ2) is 7.14. The molecule has 142 valence electrons. The fourth-order valence-electron chi connectivity index (χ4n) is 3.16. The Balaban J connectivity index is 1.79. The summed E-state index contributed by atoms with van der Waals surface area (Å²) in [5, 5.41) is 19.3. The first-order valence-corrected chi connectivity index (χ1v) is 8.54. The number of anilines is 2. The molecule has 2 aromatic heterocycles. The highest BCUT2D eigenvalue weighted by atomic mass is 16.6. The molecule has 0 bridgehead atoms. The Morgan fingerprint density at radius 2 is 1.78 bits per heavy atom. The van der Waals surface area contributed by atoms with E-state index in [-0.39, 0.29) is 5.69 Å². The predicted molar refractivity (Wildman–Crippen MR) is 100 cm³/mol. The minimum Gasteiger partial charge on any atom is -0.365 e. The number of rotatable bonds is 4. The van der Waals surface area contributed by atoms with Crippen LogP contribution in [0, 0.1) is 30.9 Å². The van der Waals surface area contributed by atoms with Crippen molar-refractivity contribution in [2.24, 2.45) is 5.73 Å². The number of pyridine rings is 1. The van der Waals surface area contributed by atoms with E-state index in [9.17, 15) is 14.9 Å². The molecule has 1 aliphatic rings. The van der Waals surface area contributed by atoms with E-state index in [0.717, 1.165) is 5.56 Å². The second-order valence-electron chi connectivity index (χ2n) is 6.53. The van der Waals surface area contributed by atoms with Crippen LogP contribution in [0.1, 0.15) is 27.2 Å². The number of aryl methyl sites for hydroxylation is 2. The van der Waals surface area contributed by atoms with E-state index in [4.69, 9.17) is 5.73 Å². The molecule has 0 spiro atoms. The number of primary amides is 1. The van der Waals surface area contributed by atoms with Gasteiger partial charge in [0.1, 0.15) is 12.0 Å². The van der Waals surface area contributed by atoms with Gasteiger partial charge in [0.25, 0.3) is 11.6 Å². The van der Waals surface area contributed by atoms with Crippen LogP contribution in [0.4, 0.5) is 17.3 Å². The molecule has 0 aliphatic carbocycles. The Kier molecular flexibility index (Phi) is 4.89. The summed E-state index contributed by atoms with van der Waals surface area (Å²) in [5.74, 6) is 0.674. The fraction of sp³-hybridized carbons (Fsp3) is 0.412. The Morgan fingerprint density at radius 3 is 2.33 bits per heavy atom. The maximum atomic E-state index is 11.9. The second-order valence-corrected chi connectivity index (χ2v) is 6.53. The fourth-order valence-corrected chi connectivity index (χ4v) is 3.16. The average Bonchev–Trinajstić information content (AvgIpc) is 2.63. The number of nitrogens with zero attached hydrogens (tertiary/aromatic N) is 6. The number of piperazine rings is 1. The lowest BCUT2D eigenvalue weighted by Crippen LogP contribution is -2.48. The van der Waals surface area contributed by atoms with Crippen LogP contribution in [-0.4, -0.2) is 52.2 Å². The summed E-state index contributed by atoms with van der Waals surface area (Å²) in [4.78, 5) is 30.7. The lowest BCUT2D eigenvalue weighted by atomic mass is 10.1. The maximum Gasteiger partial charge on any atom is 0.290 e. The third-order valence-electron chi connectivity index (χ3n) is 4.85. The van der Waals surface area contributed by atoms with Crippen molar-refractivity contribution in [3.05, 3.63) is 44.8 Å². The van der Waals surface area contributed by atoms with Crippen molar-refractivity contribution in [1.29, 1.82) is 0 Å². The summed E-state index contributed by atoms with van der Waals surface area (Å²) >= 11 is 0. The lowest BCUT2D eigenvalue weighted by Gasteiger charge is -2.36. The molecule has 0 saturated carbocycles. The van der Waals surface area contributed by atoms with Gasteiger partial charge >= 0.3 is 0 Å². The molecule has 0 atom stereocenters. The number of amides is 1. The van der Waals surface area contributed by atoms with Gasteiger partial charge in [-0.25, -0.2) is 4.98 Å². The molecule has 2 aromatic rings. The molecule has 3 heterocycles. The van der Waals surface area contributed by atoms with Gasteiger partial charge in [-0.05, 0) is 32.4 Å². The van der Waals surface area contributed by atoms with E-state index in [1.807, 2.05) is 16.7 Å². The summed E-state index contributed by atoms with van der Waals surface area (Å²) in [6, 6.07) is 1.72. The SMILES string of the molecule is Cc1cc(N2CCN(c3nnc(C)c(C)c3C(N)=O)CC2)ncc1[N+](=O)[O-]. The van der Waals surface area contributed by atoms with Gasteiger partial charge in [0, 0.05) is 31.7 Å². The first-order valence-electron chi connectivity index (χ1n) is 8.54. The maximum absolute atomic E-state index is 11.9. The molecule has 3 rings (SSSR count). The van der Waals surface area contributed by atoms with Crippen molar-refractivity contribution >= 4 is 23.2 Å². The summed E-state index contributed by atoms with van der Waals surface area (Å²) in [6.07, 6.45) is 1.29. The molecule has 1 fully saturated rings. The monoisotopic (exact) mass is 371 g/mol. The molecule has 1 amide bonds. The lowest BCUT2D eigenvalue weighted by molar-refractivity contribution is -0.385. The predicted octanol–water partition coefficient (Wildman–Crippen LogP) is 1.13. The van der Waals surface area contributed by atoms with Crippen LogP contribution in [0.3, 0.4) is 0 Å². The first kappa shape index (κ1) is 18.5. The van der Waals surface area contributed by atoms with Gasteiger partial charge in [0.15, 0.2) is 5.82 Å². The third kappa shape index (κ3) is 3.50. The molecule has 1 aliphatic heterocycles. The summed E-state index contributed by atoms with van der Waals surface area (Å²) in [6.45, 7) is 7.79. The number of nitro groups is 1. The molecule has 10 nitrogen and oxygen atoms in total. The number of carbonyl (C=O) groups is 1. The smallest absolute Gasteiger partial charge is 0.290 e. The van der Waals surface area contributed by atoms with Crippen LogP contribution < -0.4 is 15.5 Å².